The molecule has 21 heavy (non-hydrogen) atoms. The van der Waals surface area contributed by atoms with E-state index in [2.05, 4.69) is 13.0 Å². The zero-order valence-electron chi connectivity index (χ0n) is 13.2. The van der Waals surface area contributed by atoms with Gasteiger partial charge < -0.3 is 14.9 Å². The van der Waals surface area contributed by atoms with Crippen molar-refractivity contribution in [1.82, 2.24) is 0 Å². The number of hydrogen-bond acceptors (Lipinski definition) is 3. The molecular formula is C18H26O3. The maximum atomic E-state index is 10.1. The smallest absolute Gasteiger partial charge is 0.165 e. The van der Waals surface area contributed by atoms with Crippen molar-refractivity contribution >= 4 is 6.08 Å². The van der Waals surface area contributed by atoms with Crippen molar-refractivity contribution in [3.05, 3.63) is 35.4 Å². The first-order valence-electron chi connectivity index (χ1n) is 7.54. The van der Waals surface area contributed by atoms with Crippen LogP contribution in [0.4, 0.5) is 0 Å². The fourth-order valence-electron chi connectivity index (χ4n) is 2.12. The molecule has 0 amide bonds. The van der Waals surface area contributed by atoms with Crippen LogP contribution in [0.1, 0.15) is 50.2 Å². The summed E-state index contributed by atoms with van der Waals surface area (Å²) in [4.78, 5) is 0. The summed E-state index contributed by atoms with van der Waals surface area (Å²) in [5.41, 5.74) is 1.23. The third kappa shape index (κ3) is 5.18. The Bertz CT molecular complexity index is 502. The largest absolute Gasteiger partial charge is 0.508 e. The first-order valence-corrected chi connectivity index (χ1v) is 7.54. The predicted octanol–water partition coefficient (Wildman–Crippen LogP) is 4.95. The molecule has 0 aliphatic heterocycles. The van der Waals surface area contributed by atoms with Gasteiger partial charge in [-0.05, 0) is 19.8 Å². The van der Waals surface area contributed by atoms with Gasteiger partial charge in [-0.15, -0.1) is 0 Å². The van der Waals surface area contributed by atoms with Crippen LogP contribution in [-0.2, 0) is 0 Å². The van der Waals surface area contributed by atoms with Crippen LogP contribution in [0.15, 0.2) is 24.3 Å². The number of aromatic hydroxyl groups is 2. The Labute approximate surface area is 127 Å². The molecule has 0 heterocycles. The lowest BCUT2D eigenvalue weighted by molar-refractivity contribution is 0.367. The molecule has 1 aromatic rings. The van der Waals surface area contributed by atoms with Crippen LogP contribution in [-0.4, -0.2) is 17.3 Å². The molecule has 3 heteroatoms. The molecule has 0 atom stereocenters. The summed E-state index contributed by atoms with van der Waals surface area (Å²) in [6.07, 6.45) is 13.9. The first kappa shape index (κ1) is 17.2. The van der Waals surface area contributed by atoms with Crippen LogP contribution in [0.3, 0.4) is 0 Å². The summed E-state index contributed by atoms with van der Waals surface area (Å²) in [6.45, 7) is 3.97. The van der Waals surface area contributed by atoms with Gasteiger partial charge in [-0.1, -0.05) is 50.5 Å². The van der Waals surface area contributed by atoms with Crippen molar-refractivity contribution in [3.8, 4) is 17.2 Å². The summed E-state index contributed by atoms with van der Waals surface area (Å²) < 4.78 is 5.04. The summed E-state index contributed by atoms with van der Waals surface area (Å²) in [5.74, 6) is 0.453. The Balaban J connectivity index is 2.68. The van der Waals surface area contributed by atoms with Gasteiger partial charge in [0.2, 0.25) is 0 Å². The molecule has 0 unspecified atom stereocenters. The topological polar surface area (TPSA) is 49.7 Å². The maximum absolute atomic E-state index is 10.1. The lowest BCUT2D eigenvalue weighted by Crippen LogP contribution is -1.89. The molecule has 0 saturated carbocycles. The Morgan fingerprint density at radius 3 is 2.57 bits per heavy atom. The highest BCUT2D eigenvalue weighted by atomic mass is 16.5. The van der Waals surface area contributed by atoms with E-state index in [1.54, 1.807) is 13.0 Å². The fourth-order valence-corrected chi connectivity index (χ4v) is 2.12. The van der Waals surface area contributed by atoms with Gasteiger partial charge in [-0.25, -0.2) is 0 Å². The van der Waals surface area contributed by atoms with E-state index in [1.807, 2.05) is 12.2 Å². The quantitative estimate of drug-likeness (QED) is 0.404. The van der Waals surface area contributed by atoms with Crippen molar-refractivity contribution in [2.24, 2.45) is 0 Å². The molecule has 0 radical (unpaired) electrons. The van der Waals surface area contributed by atoms with Crippen LogP contribution in [0.25, 0.3) is 6.08 Å². The van der Waals surface area contributed by atoms with E-state index in [9.17, 15) is 10.2 Å². The molecule has 0 aromatic heterocycles. The molecule has 0 saturated heterocycles. The van der Waals surface area contributed by atoms with Gasteiger partial charge in [0.05, 0.1) is 7.11 Å². The van der Waals surface area contributed by atoms with Gasteiger partial charge in [0.1, 0.15) is 5.75 Å². The van der Waals surface area contributed by atoms with Crippen molar-refractivity contribution in [3.63, 3.8) is 0 Å². The van der Waals surface area contributed by atoms with Crippen molar-refractivity contribution in [2.75, 3.05) is 7.11 Å². The summed E-state index contributed by atoms with van der Waals surface area (Å²) in [5, 5.41) is 19.9. The average molecular weight is 290 g/mol. The molecule has 0 fully saturated rings. The van der Waals surface area contributed by atoms with E-state index >= 15 is 0 Å². The zero-order valence-corrected chi connectivity index (χ0v) is 13.2. The number of phenols is 2. The van der Waals surface area contributed by atoms with E-state index in [4.69, 9.17) is 4.74 Å². The monoisotopic (exact) mass is 290 g/mol. The number of ether oxygens (including phenoxy) is 1. The predicted molar refractivity (Wildman–Crippen MR) is 88.0 cm³/mol. The third-order valence-corrected chi connectivity index (χ3v) is 3.50. The molecule has 0 aliphatic carbocycles. The number of benzene rings is 1. The Hall–Kier alpha value is -1.90. The number of rotatable bonds is 8. The molecule has 0 spiro atoms. The highest BCUT2D eigenvalue weighted by molar-refractivity contribution is 5.69. The third-order valence-electron chi connectivity index (χ3n) is 3.50. The van der Waals surface area contributed by atoms with Crippen molar-refractivity contribution in [2.45, 2.75) is 46.0 Å². The lowest BCUT2D eigenvalue weighted by atomic mass is 10.0. The fraction of sp³-hybridized carbons (Fsp3) is 0.444. The average Bonchev–Trinajstić information content (AvgIpc) is 2.48. The number of hydrogen-bond donors (Lipinski definition) is 2. The molecule has 3 nitrogen and oxygen atoms in total. The first-order chi connectivity index (χ1) is 10.1. The normalized spacial score (nSPS) is 11.6. The highest BCUT2D eigenvalue weighted by Crippen LogP contribution is 2.38. The summed E-state index contributed by atoms with van der Waals surface area (Å²) in [7, 11) is 1.47. The Morgan fingerprint density at radius 1 is 1.14 bits per heavy atom. The summed E-state index contributed by atoms with van der Waals surface area (Å²) in [6, 6.07) is 1.42. The minimum absolute atomic E-state index is 0.0559. The van der Waals surface area contributed by atoms with Crippen LogP contribution in [0, 0.1) is 6.92 Å². The molecule has 0 aliphatic rings. The molecule has 1 aromatic carbocycles. The highest BCUT2D eigenvalue weighted by Gasteiger charge is 2.12. The van der Waals surface area contributed by atoms with Crippen LogP contribution in [0.2, 0.25) is 0 Å². The molecule has 1 rings (SSSR count). The van der Waals surface area contributed by atoms with Gasteiger partial charge in [0.15, 0.2) is 11.5 Å². The van der Waals surface area contributed by atoms with Gasteiger partial charge in [0.25, 0.3) is 0 Å². The van der Waals surface area contributed by atoms with E-state index < -0.39 is 0 Å². The molecule has 116 valence electrons. The van der Waals surface area contributed by atoms with Crippen LogP contribution >= 0.6 is 0 Å². The second kappa shape index (κ2) is 9.11. The van der Waals surface area contributed by atoms with E-state index in [0.717, 1.165) is 6.42 Å². The van der Waals surface area contributed by atoms with Gasteiger partial charge in [-0.2, -0.15) is 0 Å². The lowest BCUT2D eigenvalue weighted by Gasteiger charge is -2.10. The number of phenolic OH excluding ortho intramolecular Hbond substituents is 2. The number of allylic oxidation sites excluding steroid dienone is 3. The minimum atomic E-state index is 0.0559. The molecule has 2 N–H and O–H groups in total. The van der Waals surface area contributed by atoms with Gasteiger partial charge >= 0.3 is 0 Å². The molecule has 0 bridgehead atoms. The zero-order chi connectivity index (χ0) is 15.7. The van der Waals surface area contributed by atoms with E-state index in [1.165, 1.54) is 38.9 Å². The Morgan fingerprint density at radius 2 is 1.90 bits per heavy atom. The van der Waals surface area contributed by atoms with Crippen LogP contribution < -0.4 is 4.74 Å². The van der Waals surface area contributed by atoms with Gasteiger partial charge in [0, 0.05) is 17.2 Å². The van der Waals surface area contributed by atoms with Crippen molar-refractivity contribution < 1.29 is 14.9 Å². The summed E-state index contributed by atoms with van der Waals surface area (Å²) >= 11 is 0. The van der Waals surface area contributed by atoms with E-state index in [0.29, 0.717) is 11.1 Å². The standard InChI is InChI=1S/C18H26O3/c1-4-5-6-7-8-9-10-11-12-15-14(2)16(19)13-17(21-3)18(15)20/h9-13,19-20H,4-8H2,1-3H3. The van der Waals surface area contributed by atoms with Crippen molar-refractivity contribution in [1.29, 1.82) is 0 Å². The molecular weight excluding hydrogens is 264 g/mol. The second-order valence-electron chi connectivity index (χ2n) is 5.12. The minimum Gasteiger partial charge on any atom is -0.508 e. The second-order valence-corrected chi connectivity index (χ2v) is 5.12. The van der Waals surface area contributed by atoms with Gasteiger partial charge in [-0.3, -0.25) is 0 Å². The number of unbranched alkanes of at least 4 members (excludes halogenated alkanes) is 4. The SMILES string of the molecule is CCCCCCC=CC=Cc1c(C)c(O)cc(OC)c1O. The van der Waals surface area contributed by atoms with Crippen LogP contribution in [0.5, 0.6) is 17.2 Å². The number of methoxy groups -OCH3 is 1. The Kier molecular flexibility index (Phi) is 7.44. The van der Waals surface area contributed by atoms with E-state index in [-0.39, 0.29) is 17.2 Å². The maximum Gasteiger partial charge on any atom is 0.165 e.